The third kappa shape index (κ3) is 5.97. The van der Waals surface area contributed by atoms with E-state index in [9.17, 15) is 4.79 Å². The Balaban J connectivity index is 0.000000147. The second kappa shape index (κ2) is 14.0. The number of rotatable bonds is 6. The van der Waals surface area contributed by atoms with Gasteiger partial charge in [0.1, 0.15) is 11.5 Å². The Bertz CT molecular complexity index is 2930. The Hall–Kier alpha value is -7.73. The van der Waals surface area contributed by atoms with Crippen molar-refractivity contribution in [1.29, 1.82) is 0 Å². The molecule has 12 nitrogen and oxygen atoms in total. The number of carbonyl (C=O) groups is 1. The van der Waals surface area contributed by atoms with Crippen molar-refractivity contribution in [1.82, 2.24) is 35.7 Å². The number of aromatic nitrogens is 6. The van der Waals surface area contributed by atoms with Crippen molar-refractivity contribution in [2.24, 2.45) is 0 Å². The molecular formula is C43H33N9O3. The molecule has 0 spiro atoms. The molecule has 0 saturated carbocycles. The Morgan fingerprint density at radius 2 is 1.05 bits per heavy atom. The third-order valence-electron chi connectivity index (χ3n) is 9.30. The fourth-order valence-corrected chi connectivity index (χ4v) is 6.84. The first-order chi connectivity index (χ1) is 27.1. The highest BCUT2D eigenvalue weighted by Crippen LogP contribution is 2.44. The molecule has 0 unspecified atom stereocenters. The number of nitrogens with one attached hydrogen (secondary N) is 4. The van der Waals surface area contributed by atoms with Gasteiger partial charge in [-0.05, 0) is 18.1 Å². The molecule has 0 fully saturated rings. The summed E-state index contributed by atoms with van der Waals surface area (Å²) in [5.41, 5.74) is 14.6. The summed E-state index contributed by atoms with van der Waals surface area (Å²) >= 11 is 0. The Kier molecular flexibility index (Phi) is 8.44. The van der Waals surface area contributed by atoms with Gasteiger partial charge in [0.15, 0.2) is 11.6 Å². The van der Waals surface area contributed by atoms with E-state index in [-0.39, 0.29) is 6.03 Å². The van der Waals surface area contributed by atoms with Gasteiger partial charge in [0.05, 0.1) is 32.6 Å². The lowest BCUT2D eigenvalue weighted by Gasteiger charge is -2.04. The number of nitrogen functional groups attached to an aromatic ring is 1. The molecule has 10 rings (SSSR count). The van der Waals surface area contributed by atoms with E-state index in [1.165, 1.54) is 0 Å². The van der Waals surface area contributed by atoms with E-state index in [4.69, 9.17) is 14.6 Å². The number of amides is 2. The summed E-state index contributed by atoms with van der Waals surface area (Å²) in [6.45, 7) is 2.38. The average molecular weight is 724 g/mol. The largest absolute Gasteiger partial charge is 0.437 e. The number of nitrogens with two attached hydrogens (primary N) is 1. The van der Waals surface area contributed by atoms with Crippen molar-refractivity contribution < 1.29 is 13.6 Å². The highest BCUT2D eigenvalue weighted by Gasteiger charge is 2.24. The molecule has 0 bridgehead atoms. The highest BCUT2D eigenvalue weighted by molar-refractivity contribution is 6.16. The van der Waals surface area contributed by atoms with Gasteiger partial charge in [-0.1, -0.05) is 121 Å². The molecule has 0 aliphatic carbocycles. The van der Waals surface area contributed by atoms with Gasteiger partial charge in [0.25, 0.3) is 0 Å². The Labute approximate surface area is 313 Å². The number of carbonyl (C=O) groups excluding carboxylic acids is 1. The molecule has 0 aliphatic rings. The third-order valence-corrected chi connectivity index (χ3v) is 9.30. The topological polar surface area (TPSA) is 177 Å². The second-order valence-electron chi connectivity index (χ2n) is 12.7. The maximum atomic E-state index is 12.0. The van der Waals surface area contributed by atoms with Crippen LogP contribution in [0.3, 0.4) is 0 Å². The number of H-pyrrole nitrogens is 2. The molecule has 6 aromatic heterocycles. The molecule has 0 atom stereocenters. The number of urea groups is 1. The van der Waals surface area contributed by atoms with Gasteiger partial charge in [-0.25, -0.2) is 14.8 Å². The minimum Gasteiger partial charge on any atom is -0.437 e. The van der Waals surface area contributed by atoms with E-state index in [0.29, 0.717) is 35.0 Å². The van der Waals surface area contributed by atoms with Crippen LogP contribution >= 0.6 is 0 Å². The minimum absolute atomic E-state index is 0.313. The molecule has 55 heavy (non-hydrogen) atoms. The van der Waals surface area contributed by atoms with Crippen molar-refractivity contribution in [3.63, 3.8) is 0 Å². The molecule has 2 amide bonds. The van der Waals surface area contributed by atoms with Crippen LogP contribution in [0, 0.1) is 0 Å². The molecule has 4 aromatic carbocycles. The number of benzene rings is 4. The number of hydrogen-bond donors (Lipinski definition) is 5. The molecular weight excluding hydrogens is 691 g/mol. The number of anilines is 2. The average Bonchev–Trinajstić information content (AvgIpc) is 4.02. The van der Waals surface area contributed by atoms with Crippen molar-refractivity contribution >= 4 is 61.7 Å². The molecule has 0 aliphatic heterocycles. The zero-order chi connectivity index (χ0) is 37.3. The Morgan fingerprint density at radius 3 is 1.55 bits per heavy atom. The highest BCUT2D eigenvalue weighted by atomic mass is 16.3. The van der Waals surface area contributed by atoms with Gasteiger partial charge in [-0.15, -0.1) is 0 Å². The molecule has 268 valence electrons. The fraction of sp³-hybridized carbons (Fsp3) is 0.0465. The minimum atomic E-state index is -0.313. The smallest absolute Gasteiger partial charge is 0.320 e. The number of pyridine rings is 2. The fourth-order valence-electron chi connectivity index (χ4n) is 6.84. The lowest BCUT2D eigenvalue weighted by atomic mass is 9.98. The van der Waals surface area contributed by atoms with E-state index < -0.39 is 0 Å². The number of nitrogens with zero attached hydrogens (tertiary/aromatic N) is 4. The molecule has 12 heteroatoms. The van der Waals surface area contributed by atoms with E-state index in [0.717, 1.165) is 72.1 Å². The van der Waals surface area contributed by atoms with Crippen LogP contribution in [0.4, 0.5) is 16.4 Å². The first kappa shape index (κ1) is 33.1. The van der Waals surface area contributed by atoms with Crippen LogP contribution in [0.25, 0.3) is 88.9 Å². The lowest BCUT2D eigenvalue weighted by Crippen LogP contribution is -2.28. The molecule has 0 saturated heterocycles. The summed E-state index contributed by atoms with van der Waals surface area (Å²) < 4.78 is 12.4. The van der Waals surface area contributed by atoms with Gasteiger partial charge >= 0.3 is 6.03 Å². The van der Waals surface area contributed by atoms with Gasteiger partial charge in [0, 0.05) is 41.2 Å². The molecule has 0 radical (unpaired) electrons. The zero-order valence-corrected chi connectivity index (χ0v) is 29.5. The lowest BCUT2D eigenvalue weighted by molar-refractivity contribution is 0.252. The number of furan rings is 2. The monoisotopic (exact) mass is 723 g/mol. The van der Waals surface area contributed by atoms with Crippen LogP contribution in [0.2, 0.25) is 0 Å². The van der Waals surface area contributed by atoms with E-state index in [2.05, 4.69) is 53.1 Å². The standard InChI is InChI=1S/C23H19N5O2.C20H14N4O/c1-2-24-23(29)26-21-16-13-25-22-18(19(16)27-28-21)17(14-9-5-3-6-10-14)20(30-22)15-11-7-4-8-12-15;21-19-14-11-22-20-16(17(14)23-24-19)15(12-7-3-1-4-8-12)18(25-20)13-9-5-2-6-10-13/h3-13H,2H2,1H3,(H3,24,26,27,28,29);1-11H,(H3,21,23,24). The SMILES string of the molecule is CCNC(=O)Nc1n[nH]c2c1cnc1oc(-c3ccccc3)c(-c3ccccc3)c12.Nc1n[nH]c2c1cnc1oc(-c3ccccc3)c(-c3ccccc3)c12. The van der Waals surface area contributed by atoms with Crippen molar-refractivity contribution in [2.75, 3.05) is 17.6 Å². The van der Waals surface area contributed by atoms with Gasteiger partial charge < -0.3 is 19.9 Å². The van der Waals surface area contributed by atoms with Crippen LogP contribution < -0.4 is 16.4 Å². The van der Waals surface area contributed by atoms with E-state index in [1.807, 2.05) is 116 Å². The molecule has 10 aromatic rings. The Morgan fingerprint density at radius 1 is 0.618 bits per heavy atom. The number of hydrogen-bond acceptors (Lipinski definition) is 8. The van der Waals surface area contributed by atoms with Crippen molar-refractivity contribution in [3.8, 4) is 44.9 Å². The van der Waals surface area contributed by atoms with Gasteiger partial charge in [0.2, 0.25) is 11.4 Å². The summed E-state index contributed by atoms with van der Waals surface area (Å²) in [5.74, 6) is 2.39. The van der Waals surface area contributed by atoms with E-state index in [1.54, 1.807) is 12.4 Å². The predicted molar refractivity (Wildman–Crippen MR) is 216 cm³/mol. The summed E-state index contributed by atoms with van der Waals surface area (Å²) in [6.07, 6.45) is 3.36. The quantitative estimate of drug-likeness (QED) is 0.113. The maximum Gasteiger partial charge on any atom is 0.320 e. The summed E-state index contributed by atoms with van der Waals surface area (Å²) in [4.78, 5) is 21.0. The van der Waals surface area contributed by atoms with Gasteiger partial charge in [-0.3, -0.25) is 15.5 Å². The van der Waals surface area contributed by atoms with Crippen LogP contribution in [-0.2, 0) is 0 Å². The van der Waals surface area contributed by atoms with Gasteiger partial charge in [-0.2, -0.15) is 10.2 Å². The van der Waals surface area contributed by atoms with E-state index >= 15 is 0 Å². The van der Waals surface area contributed by atoms with Crippen LogP contribution in [-0.4, -0.2) is 42.9 Å². The van der Waals surface area contributed by atoms with Crippen LogP contribution in [0.1, 0.15) is 6.92 Å². The number of fused-ring (bicyclic) bond motifs is 6. The summed E-state index contributed by atoms with van der Waals surface area (Å²) in [6, 6.07) is 39.9. The van der Waals surface area contributed by atoms with Crippen LogP contribution in [0.5, 0.6) is 0 Å². The summed E-state index contributed by atoms with van der Waals surface area (Å²) in [5, 5.41) is 23.2. The predicted octanol–water partition coefficient (Wildman–Crippen LogP) is 9.80. The number of aromatic amines is 2. The first-order valence-electron chi connectivity index (χ1n) is 17.7. The van der Waals surface area contributed by atoms with Crippen molar-refractivity contribution in [3.05, 3.63) is 134 Å². The molecule has 6 N–H and O–H groups in total. The zero-order valence-electron chi connectivity index (χ0n) is 29.5. The normalized spacial score (nSPS) is 11.2. The van der Waals surface area contributed by atoms with Crippen molar-refractivity contribution in [2.45, 2.75) is 6.92 Å². The molecule has 6 heterocycles. The second-order valence-corrected chi connectivity index (χ2v) is 12.7. The first-order valence-corrected chi connectivity index (χ1v) is 17.7. The maximum absolute atomic E-state index is 12.0. The van der Waals surface area contributed by atoms with Crippen LogP contribution in [0.15, 0.2) is 143 Å². The summed E-state index contributed by atoms with van der Waals surface area (Å²) in [7, 11) is 0.